The number of hydrogen-bond donors (Lipinski definition) is 1. The van der Waals surface area contributed by atoms with Gasteiger partial charge in [-0.3, -0.25) is 0 Å². The van der Waals surface area contributed by atoms with Gasteiger partial charge in [0.25, 0.3) is 0 Å². The molecule has 1 heterocycles. The lowest BCUT2D eigenvalue weighted by molar-refractivity contribution is 0.553. The van der Waals surface area contributed by atoms with Crippen LogP contribution in [0.15, 0.2) is 24.3 Å². The lowest BCUT2D eigenvalue weighted by Crippen LogP contribution is -2.29. The van der Waals surface area contributed by atoms with Crippen molar-refractivity contribution in [3.05, 3.63) is 35.4 Å². The highest BCUT2D eigenvalue weighted by atomic mass is 32.2. The Labute approximate surface area is 116 Å². The normalized spacial score (nSPS) is 22.6. The summed E-state index contributed by atoms with van der Waals surface area (Å²) in [5.41, 5.74) is 2.70. The van der Waals surface area contributed by atoms with Gasteiger partial charge in [0, 0.05) is 12.6 Å². The molecule has 0 spiro atoms. The number of nitrogens with one attached hydrogen (secondary N) is 1. The second kappa shape index (κ2) is 5.25. The summed E-state index contributed by atoms with van der Waals surface area (Å²) >= 11 is 0. The Balaban J connectivity index is 1.91. The van der Waals surface area contributed by atoms with Crippen LogP contribution in [0, 0.1) is 0 Å². The van der Waals surface area contributed by atoms with Crippen LogP contribution in [0.25, 0.3) is 0 Å². The van der Waals surface area contributed by atoms with Gasteiger partial charge in [0.1, 0.15) is 0 Å². The summed E-state index contributed by atoms with van der Waals surface area (Å²) in [7, 11) is -2.79. The van der Waals surface area contributed by atoms with E-state index < -0.39 is 9.84 Å². The van der Waals surface area contributed by atoms with Crippen LogP contribution in [0.5, 0.6) is 0 Å². The van der Waals surface area contributed by atoms with Gasteiger partial charge in [-0.1, -0.05) is 45.0 Å². The van der Waals surface area contributed by atoms with E-state index in [4.69, 9.17) is 0 Å². The van der Waals surface area contributed by atoms with Gasteiger partial charge in [0.2, 0.25) is 0 Å². The third-order valence-electron chi connectivity index (χ3n) is 3.65. The molecule has 1 atom stereocenters. The maximum Gasteiger partial charge on any atom is 0.151 e. The first-order valence-corrected chi connectivity index (χ1v) is 8.62. The predicted molar refractivity (Wildman–Crippen MR) is 79.0 cm³/mol. The fourth-order valence-corrected chi connectivity index (χ4v) is 4.05. The first-order chi connectivity index (χ1) is 8.76. The number of sulfone groups is 1. The van der Waals surface area contributed by atoms with Gasteiger partial charge in [-0.15, -0.1) is 0 Å². The zero-order valence-electron chi connectivity index (χ0n) is 11.9. The van der Waals surface area contributed by atoms with Gasteiger partial charge in [0.05, 0.1) is 11.5 Å². The molecule has 1 aromatic rings. The van der Waals surface area contributed by atoms with E-state index in [1.165, 1.54) is 11.1 Å². The predicted octanol–water partition coefficient (Wildman–Crippen LogP) is 2.26. The van der Waals surface area contributed by atoms with Crippen molar-refractivity contribution in [2.24, 2.45) is 0 Å². The maximum absolute atomic E-state index is 11.4. The van der Waals surface area contributed by atoms with Crippen LogP contribution in [-0.4, -0.2) is 26.0 Å². The second-order valence-electron chi connectivity index (χ2n) is 6.43. The topological polar surface area (TPSA) is 46.2 Å². The van der Waals surface area contributed by atoms with Crippen molar-refractivity contribution >= 4 is 9.84 Å². The molecule has 0 amide bonds. The monoisotopic (exact) mass is 281 g/mol. The minimum atomic E-state index is -2.79. The summed E-state index contributed by atoms with van der Waals surface area (Å²) in [6.45, 7) is 7.33. The standard InChI is InChI=1S/C15H23NO2S/c1-15(2,3)13-6-4-12(5-7-13)10-16-14-8-9-19(17,18)11-14/h4-7,14,16H,8-11H2,1-3H3/t14-/m0/s1. The van der Waals surface area contributed by atoms with Crippen LogP contribution in [0.2, 0.25) is 0 Å². The van der Waals surface area contributed by atoms with E-state index in [1.54, 1.807) is 0 Å². The molecule has 0 aromatic heterocycles. The second-order valence-corrected chi connectivity index (χ2v) is 8.66. The summed E-state index contributed by atoms with van der Waals surface area (Å²) < 4.78 is 22.7. The smallest absolute Gasteiger partial charge is 0.151 e. The molecule has 1 aliphatic rings. The van der Waals surface area contributed by atoms with Gasteiger partial charge in [-0.25, -0.2) is 8.42 Å². The molecule has 0 bridgehead atoms. The minimum absolute atomic E-state index is 0.118. The van der Waals surface area contributed by atoms with Gasteiger partial charge < -0.3 is 5.32 Å². The van der Waals surface area contributed by atoms with E-state index in [1.807, 2.05) is 0 Å². The highest BCUT2D eigenvalue weighted by molar-refractivity contribution is 7.91. The average molecular weight is 281 g/mol. The molecular weight excluding hydrogens is 258 g/mol. The van der Waals surface area contributed by atoms with Crippen molar-refractivity contribution in [1.82, 2.24) is 5.32 Å². The molecule has 1 saturated heterocycles. The van der Waals surface area contributed by atoms with E-state index in [-0.39, 0.29) is 17.2 Å². The molecule has 0 aliphatic carbocycles. The van der Waals surface area contributed by atoms with Crippen LogP contribution >= 0.6 is 0 Å². The van der Waals surface area contributed by atoms with E-state index in [0.717, 1.165) is 13.0 Å². The summed E-state index contributed by atoms with van der Waals surface area (Å²) in [6, 6.07) is 8.67. The van der Waals surface area contributed by atoms with E-state index in [2.05, 4.69) is 50.4 Å². The zero-order valence-corrected chi connectivity index (χ0v) is 12.8. The Morgan fingerprint density at radius 1 is 1.21 bits per heavy atom. The third kappa shape index (κ3) is 4.05. The molecule has 1 fully saturated rings. The van der Waals surface area contributed by atoms with Crippen molar-refractivity contribution < 1.29 is 8.42 Å². The Morgan fingerprint density at radius 2 is 1.84 bits per heavy atom. The highest BCUT2D eigenvalue weighted by Gasteiger charge is 2.27. The third-order valence-corrected chi connectivity index (χ3v) is 5.42. The fraction of sp³-hybridized carbons (Fsp3) is 0.600. The molecule has 1 aliphatic heterocycles. The van der Waals surface area contributed by atoms with E-state index in [0.29, 0.717) is 5.75 Å². The van der Waals surface area contributed by atoms with E-state index >= 15 is 0 Å². The molecule has 1 aromatic carbocycles. The van der Waals surface area contributed by atoms with Gasteiger partial charge >= 0.3 is 0 Å². The Morgan fingerprint density at radius 3 is 2.32 bits per heavy atom. The molecule has 0 radical (unpaired) electrons. The van der Waals surface area contributed by atoms with Crippen molar-refractivity contribution in [2.75, 3.05) is 11.5 Å². The molecule has 1 N–H and O–H groups in total. The lowest BCUT2D eigenvalue weighted by Gasteiger charge is -2.19. The molecule has 4 heteroatoms. The number of rotatable bonds is 3. The summed E-state index contributed by atoms with van der Waals surface area (Å²) in [5, 5.41) is 3.33. The van der Waals surface area contributed by atoms with Gasteiger partial charge in [-0.2, -0.15) is 0 Å². The summed E-state index contributed by atoms with van der Waals surface area (Å²) in [4.78, 5) is 0. The lowest BCUT2D eigenvalue weighted by atomic mass is 9.87. The molecule has 0 saturated carbocycles. The number of hydrogen-bond acceptors (Lipinski definition) is 3. The zero-order chi connectivity index (χ0) is 14.1. The first kappa shape index (κ1) is 14.5. The Hall–Kier alpha value is -0.870. The van der Waals surface area contributed by atoms with Crippen LogP contribution in [-0.2, 0) is 21.8 Å². The van der Waals surface area contributed by atoms with Crippen LogP contribution < -0.4 is 5.32 Å². The van der Waals surface area contributed by atoms with Crippen molar-refractivity contribution in [3.63, 3.8) is 0 Å². The highest BCUT2D eigenvalue weighted by Crippen LogP contribution is 2.22. The summed E-state index contributed by atoms with van der Waals surface area (Å²) in [6.07, 6.45) is 0.739. The minimum Gasteiger partial charge on any atom is -0.309 e. The molecular formula is C15H23NO2S. The van der Waals surface area contributed by atoms with Gasteiger partial charge in [-0.05, 0) is 23.0 Å². The largest absolute Gasteiger partial charge is 0.309 e. The molecule has 0 unspecified atom stereocenters. The van der Waals surface area contributed by atoms with Crippen LogP contribution in [0.3, 0.4) is 0 Å². The van der Waals surface area contributed by atoms with Crippen LogP contribution in [0.4, 0.5) is 0 Å². The average Bonchev–Trinajstić information content (AvgIpc) is 2.66. The number of benzene rings is 1. The Kier molecular flexibility index (Phi) is 4.02. The fourth-order valence-electron chi connectivity index (χ4n) is 2.34. The van der Waals surface area contributed by atoms with Crippen molar-refractivity contribution in [1.29, 1.82) is 0 Å². The van der Waals surface area contributed by atoms with E-state index in [9.17, 15) is 8.42 Å². The quantitative estimate of drug-likeness (QED) is 0.924. The van der Waals surface area contributed by atoms with Gasteiger partial charge in [0.15, 0.2) is 9.84 Å². The molecule has 3 nitrogen and oxygen atoms in total. The SMILES string of the molecule is CC(C)(C)c1ccc(CN[C@H]2CCS(=O)(=O)C2)cc1. The summed E-state index contributed by atoms with van der Waals surface area (Å²) in [5.74, 6) is 0.612. The molecule has 19 heavy (non-hydrogen) atoms. The Bertz CT molecular complexity index is 526. The molecule has 2 rings (SSSR count). The maximum atomic E-state index is 11.4. The molecule has 106 valence electrons. The van der Waals surface area contributed by atoms with Crippen molar-refractivity contribution in [3.8, 4) is 0 Å². The van der Waals surface area contributed by atoms with Crippen LogP contribution in [0.1, 0.15) is 38.3 Å². The first-order valence-electron chi connectivity index (χ1n) is 6.79. The van der Waals surface area contributed by atoms with Crippen molar-refractivity contribution in [2.45, 2.75) is 45.2 Å².